The van der Waals surface area contributed by atoms with Crippen molar-refractivity contribution in [2.75, 3.05) is 0 Å². The van der Waals surface area contributed by atoms with Crippen molar-refractivity contribution in [1.82, 2.24) is 20.3 Å². The van der Waals surface area contributed by atoms with Crippen LogP contribution in [0.1, 0.15) is 16.8 Å². The van der Waals surface area contributed by atoms with Gasteiger partial charge in [0.2, 0.25) is 11.3 Å². The molecule has 21 heavy (non-hydrogen) atoms. The van der Waals surface area contributed by atoms with E-state index in [9.17, 15) is 18.0 Å². The molecule has 108 valence electrons. The smallest absolute Gasteiger partial charge is 0.299 e. The van der Waals surface area contributed by atoms with Crippen LogP contribution in [0.3, 0.4) is 0 Å². The van der Waals surface area contributed by atoms with Crippen LogP contribution in [0, 0.1) is 0 Å². The first-order valence-electron chi connectivity index (χ1n) is 5.81. The number of halogens is 3. The van der Waals surface area contributed by atoms with Crippen LogP contribution in [0.15, 0.2) is 33.7 Å². The van der Waals surface area contributed by atoms with Crippen molar-refractivity contribution >= 4 is 11.3 Å². The molecule has 0 amide bonds. The second kappa shape index (κ2) is 4.69. The summed E-state index contributed by atoms with van der Waals surface area (Å²) < 4.78 is 41.8. The first kappa shape index (κ1) is 13.3. The molecular formula is C12H7F3N4O2. The summed E-state index contributed by atoms with van der Waals surface area (Å²) in [6, 6.07) is 4.52. The monoisotopic (exact) mass is 296 g/mol. The van der Waals surface area contributed by atoms with Crippen molar-refractivity contribution in [3.63, 3.8) is 0 Å². The Balaban J connectivity index is 1.91. The molecule has 3 aromatic rings. The van der Waals surface area contributed by atoms with Crippen LogP contribution < -0.4 is 5.56 Å². The maximum absolute atomic E-state index is 12.5. The lowest BCUT2D eigenvalue weighted by Gasteiger charge is -2.07. The lowest BCUT2D eigenvalue weighted by Crippen LogP contribution is -2.15. The lowest BCUT2D eigenvalue weighted by molar-refractivity contribution is -0.137. The lowest BCUT2D eigenvalue weighted by atomic mass is 10.1. The van der Waals surface area contributed by atoms with E-state index in [2.05, 4.69) is 24.9 Å². The van der Waals surface area contributed by atoms with Crippen molar-refractivity contribution in [3.05, 3.63) is 51.4 Å². The summed E-state index contributed by atoms with van der Waals surface area (Å²) in [4.78, 5) is 18.2. The average molecular weight is 296 g/mol. The summed E-state index contributed by atoms with van der Waals surface area (Å²) in [6.45, 7) is 0. The van der Waals surface area contributed by atoms with Gasteiger partial charge < -0.3 is 0 Å². The molecule has 0 fully saturated rings. The molecule has 2 heterocycles. The Bertz CT molecular complexity index is 836. The van der Waals surface area contributed by atoms with Gasteiger partial charge >= 0.3 is 6.18 Å². The molecule has 0 saturated heterocycles. The zero-order valence-corrected chi connectivity index (χ0v) is 10.3. The van der Waals surface area contributed by atoms with Crippen LogP contribution in [-0.4, -0.2) is 20.3 Å². The Morgan fingerprint density at radius 3 is 2.52 bits per heavy atom. The molecule has 3 rings (SSSR count). The number of H-pyrrole nitrogens is 1. The number of aromatic nitrogens is 4. The van der Waals surface area contributed by atoms with Gasteiger partial charge in [0.25, 0.3) is 5.56 Å². The molecule has 0 atom stereocenters. The van der Waals surface area contributed by atoms with Gasteiger partial charge in [0.15, 0.2) is 0 Å². The van der Waals surface area contributed by atoms with Gasteiger partial charge in [0, 0.05) is 6.42 Å². The summed E-state index contributed by atoms with van der Waals surface area (Å²) in [7, 11) is 0. The number of nitrogens with zero attached hydrogens (tertiary/aromatic N) is 3. The van der Waals surface area contributed by atoms with E-state index in [0.717, 1.165) is 12.1 Å². The number of nitrogens with one attached hydrogen (secondary N) is 1. The molecule has 6 nitrogen and oxygen atoms in total. The van der Waals surface area contributed by atoms with Crippen molar-refractivity contribution in [3.8, 4) is 0 Å². The predicted molar refractivity (Wildman–Crippen MR) is 64.5 cm³/mol. The van der Waals surface area contributed by atoms with Crippen molar-refractivity contribution in [2.24, 2.45) is 0 Å². The fraction of sp³-hybridized carbons (Fsp3) is 0.167. The predicted octanol–water partition coefficient (Wildman–Crippen LogP) is 1.92. The Kier molecular flexibility index (Phi) is 2.96. The van der Waals surface area contributed by atoms with E-state index < -0.39 is 17.3 Å². The highest BCUT2D eigenvalue weighted by molar-refractivity contribution is 5.62. The van der Waals surface area contributed by atoms with Crippen LogP contribution in [-0.2, 0) is 12.6 Å². The van der Waals surface area contributed by atoms with Crippen molar-refractivity contribution in [1.29, 1.82) is 0 Å². The van der Waals surface area contributed by atoms with Crippen molar-refractivity contribution in [2.45, 2.75) is 12.6 Å². The molecule has 0 aliphatic carbocycles. The van der Waals surface area contributed by atoms with E-state index >= 15 is 0 Å². The number of aromatic amines is 1. The number of benzene rings is 1. The Labute approximate surface area is 114 Å². The van der Waals surface area contributed by atoms with Gasteiger partial charge in [-0.3, -0.25) is 9.78 Å². The molecule has 0 radical (unpaired) electrons. The minimum Gasteiger partial charge on any atom is -0.299 e. The zero-order valence-electron chi connectivity index (χ0n) is 10.3. The quantitative estimate of drug-likeness (QED) is 0.781. The Morgan fingerprint density at radius 2 is 1.86 bits per heavy atom. The molecular weight excluding hydrogens is 289 g/mol. The molecule has 1 aromatic carbocycles. The van der Waals surface area contributed by atoms with E-state index in [-0.39, 0.29) is 23.4 Å². The molecule has 0 saturated carbocycles. The normalized spacial score (nSPS) is 12.0. The SMILES string of the molecule is O=c1[nH]c2nonc2nc1Cc1ccc(C(F)(F)F)cc1. The summed E-state index contributed by atoms with van der Waals surface area (Å²) in [5, 5.41) is 6.93. The zero-order chi connectivity index (χ0) is 15.0. The molecule has 2 aromatic heterocycles. The maximum Gasteiger partial charge on any atom is 0.416 e. The molecule has 0 aliphatic rings. The third kappa shape index (κ3) is 2.62. The molecule has 0 aliphatic heterocycles. The first-order valence-corrected chi connectivity index (χ1v) is 5.81. The van der Waals surface area contributed by atoms with Crippen LogP contribution in [0.2, 0.25) is 0 Å². The largest absolute Gasteiger partial charge is 0.416 e. The third-order valence-electron chi connectivity index (χ3n) is 2.86. The summed E-state index contributed by atoms with van der Waals surface area (Å²) in [5.41, 5.74) is -0.329. The Morgan fingerprint density at radius 1 is 1.14 bits per heavy atom. The fourth-order valence-electron chi connectivity index (χ4n) is 1.82. The minimum atomic E-state index is -4.39. The van der Waals surface area contributed by atoms with Crippen LogP contribution in [0.25, 0.3) is 11.3 Å². The van der Waals surface area contributed by atoms with Crippen LogP contribution in [0.5, 0.6) is 0 Å². The summed E-state index contributed by atoms with van der Waals surface area (Å²) in [5.74, 6) is 0. The number of hydrogen-bond donors (Lipinski definition) is 1. The van der Waals surface area contributed by atoms with E-state index in [1.807, 2.05) is 0 Å². The molecule has 0 spiro atoms. The highest BCUT2D eigenvalue weighted by Crippen LogP contribution is 2.29. The molecule has 0 unspecified atom stereocenters. The van der Waals surface area contributed by atoms with Gasteiger partial charge in [-0.25, -0.2) is 9.61 Å². The van der Waals surface area contributed by atoms with Crippen LogP contribution in [0.4, 0.5) is 13.2 Å². The second-order valence-corrected chi connectivity index (χ2v) is 4.32. The van der Waals surface area contributed by atoms with Gasteiger partial charge in [-0.15, -0.1) is 0 Å². The van der Waals surface area contributed by atoms with E-state index in [0.29, 0.717) is 5.56 Å². The maximum atomic E-state index is 12.5. The standard InChI is InChI=1S/C12H7F3N4O2/c13-12(14,15)7-3-1-6(2-4-7)5-8-11(20)17-10-9(16-8)18-21-19-10/h1-4H,5H2,(H,17,19,20). The van der Waals surface area contributed by atoms with E-state index in [1.54, 1.807) is 0 Å². The second-order valence-electron chi connectivity index (χ2n) is 4.32. The number of rotatable bonds is 2. The molecule has 9 heteroatoms. The number of alkyl halides is 3. The number of hydrogen-bond acceptors (Lipinski definition) is 5. The van der Waals surface area contributed by atoms with Gasteiger partial charge in [-0.05, 0) is 28.0 Å². The van der Waals surface area contributed by atoms with Gasteiger partial charge in [0.1, 0.15) is 5.69 Å². The third-order valence-corrected chi connectivity index (χ3v) is 2.86. The van der Waals surface area contributed by atoms with Crippen molar-refractivity contribution < 1.29 is 17.8 Å². The first-order chi connectivity index (χ1) is 9.93. The van der Waals surface area contributed by atoms with E-state index in [4.69, 9.17) is 0 Å². The van der Waals surface area contributed by atoms with Gasteiger partial charge in [0.05, 0.1) is 5.56 Å². The number of fused-ring (bicyclic) bond motifs is 1. The Hall–Kier alpha value is -2.71. The molecule has 0 bridgehead atoms. The highest BCUT2D eigenvalue weighted by Gasteiger charge is 2.29. The fourth-order valence-corrected chi connectivity index (χ4v) is 1.82. The van der Waals surface area contributed by atoms with Gasteiger partial charge in [-0.1, -0.05) is 12.1 Å². The topological polar surface area (TPSA) is 84.7 Å². The minimum absolute atomic E-state index is 0.0796. The highest BCUT2D eigenvalue weighted by atomic mass is 19.4. The van der Waals surface area contributed by atoms with Crippen LogP contribution >= 0.6 is 0 Å². The van der Waals surface area contributed by atoms with E-state index in [1.165, 1.54) is 12.1 Å². The summed E-state index contributed by atoms with van der Waals surface area (Å²) in [6.07, 6.45) is -4.31. The average Bonchev–Trinajstić information content (AvgIpc) is 2.86. The summed E-state index contributed by atoms with van der Waals surface area (Å²) >= 11 is 0. The van der Waals surface area contributed by atoms with Gasteiger partial charge in [-0.2, -0.15) is 13.2 Å². The molecule has 1 N–H and O–H groups in total.